The summed E-state index contributed by atoms with van der Waals surface area (Å²) in [5.41, 5.74) is -1.58. The highest BCUT2D eigenvalue weighted by Crippen LogP contribution is 2.37. The van der Waals surface area contributed by atoms with Crippen LogP contribution in [0.25, 0.3) is 0 Å². The summed E-state index contributed by atoms with van der Waals surface area (Å²) in [5.74, 6) is 0. The minimum absolute atomic E-state index is 0.110. The van der Waals surface area contributed by atoms with Crippen molar-refractivity contribution in [3.05, 3.63) is 58.6 Å². The van der Waals surface area contributed by atoms with E-state index < -0.39 is 27.5 Å². The summed E-state index contributed by atoms with van der Waals surface area (Å²) in [6.45, 7) is 0. The van der Waals surface area contributed by atoms with Crippen LogP contribution in [-0.2, 0) is 16.2 Å². The van der Waals surface area contributed by atoms with Gasteiger partial charge in [-0.1, -0.05) is 34.1 Å². The van der Waals surface area contributed by atoms with Gasteiger partial charge in [0, 0.05) is 4.47 Å². The highest BCUT2D eigenvalue weighted by molar-refractivity contribution is 9.10. The molecule has 0 saturated carbocycles. The van der Waals surface area contributed by atoms with Crippen molar-refractivity contribution < 1.29 is 21.6 Å². The molecule has 112 valence electrons. The predicted molar refractivity (Wildman–Crippen MR) is 76.4 cm³/mol. The second-order valence-corrected chi connectivity index (χ2v) is 6.70. The van der Waals surface area contributed by atoms with Gasteiger partial charge in [-0.05, 0) is 30.3 Å². The van der Waals surface area contributed by atoms with Gasteiger partial charge in [-0.15, -0.1) is 0 Å². The lowest BCUT2D eigenvalue weighted by atomic mass is 10.2. The molecule has 0 heterocycles. The van der Waals surface area contributed by atoms with Gasteiger partial charge in [-0.3, -0.25) is 4.72 Å². The summed E-state index contributed by atoms with van der Waals surface area (Å²) in [5, 5.41) is 0. The monoisotopic (exact) mass is 379 g/mol. The third-order valence-corrected chi connectivity index (χ3v) is 4.46. The Labute approximate surface area is 128 Å². The van der Waals surface area contributed by atoms with Crippen LogP contribution in [-0.4, -0.2) is 8.42 Å². The van der Waals surface area contributed by atoms with Gasteiger partial charge in [-0.2, -0.15) is 13.2 Å². The van der Waals surface area contributed by atoms with Gasteiger partial charge in [0.25, 0.3) is 10.0 Å². The Bertz CT molecular complexity index is 746. The molecule has 3 nitrogen and oxygen atoms in total. The molecule has 0 unspecified atom stereocenters. The zero-order chi connectivity index (χ0) is 15.7. The number of sulfonamides is 1. The topological polar surface area (TPSA) is 46.2 Å². The van der Waals surface area contributed by atoms with Crippen molar-refractivity contribution in [3.8, 4) is 0 Å². The van der Waals surface area contributed by atoms with E-state index in [0.29, 0.717) is 0 Å². The molecule has 2 aromatic rings. The molecule has 0 atom stereocenters. The molecule has 0 amide bonds. The number of nitrogens with one attached hydrogen (secondary N) is 1. The highest BCUT2D eigenvalue weighted by Gasteiger charge is 2.34. The number of hydrogen-bond acceptors (Lipinski definition) is 2. The molecule has 0 spiro atoms. The molecule has 8 heteroatoms. The van der Waals surface area contributed by atoms with Gasteiger partial charge in [-0.25, -0.2) is 8.42 Å². The number of halogens is 4. The third-order valence-electron chi connectivity index (χ3n) is 2.58. The number of alkyl halides is 3. The van der Waals surface area contributed by atoms with E-state index in [4.69, 9.17) is 0 Å². The predicted octanol–water partition coefficient (Wildman–Crippen LogP) is 4.27. The molecule has 0 aliphatic heterocycles. The van der Waals surface area contributed by atoms with Gasteiger partial charge in [0.2, 0.25) is 0 Å². The summed E-state index contributed by atoms with van der Waals surface area (Å²) in [6.07, 6.45) is -4.67. The lowest BCUT2D eigenvalue weighted by Crippen LogP contribution is -2.17. The average molecular weight is 380 g/mol. The second-order valence-electron chi connectivity index (χ2n) is 4.11. The van der Waals surface area contributed by atoms with E-state index in [1.807, 2.05) is 4.72 Å². The molecule has 0 aliphatic carbocycles. The SMILES string of the molecule is O=S(=O)(Nc1ccc(Br)cc1C(F)(F)F)c1ccccc1. The quantitative estimate of drug-likeness (QED) is 0.865. The van der Waals surface area contributed by atoms with Gasteiger partial charge < -0.3 is 0 Å². The minimum atomic E-state index is -4.67. The van der Waals surface area contributed by atoms with Crippen LogP contribution in [0.3, 0.4) is 0 Å². The number of anilines is 1. The molecule has 1 N–H and O–H groups in total. The maximum Gasteiger partial charge on any atom is 0.418 e. The Hall–Kier alpha value is -1.54. The molecular weight excluding hydrogens is 371 g/mol. The van der Waals surface area contributed by atoms with Gasteiger partial charge in [0.15, 0.2) is 0 Å². The summed E-state index contributed by atoms with van der Waals surface area (Å²) >= 11 is 2.94. The second kappa shape index (κ2) is 5.69. The minimum Gasteiger partial charge on any atom is -0.279 e. The van der Waals surface area contributed by atoms with Crippen molar-refractivity contribution in [2.24, 2.45) is 0 Å². The molecule has 21 heavy (non-hydrogen) atoms. The fourth-order valence-electron chi connectivity index (χ4n) is 1.64. The van der Waals surface area contributed by atoms with Crippen LogP contribution in [0.1, 0.15) is 5.56 Å². The summed E-state index contributed by atoms with van der Waals surface area (Å²) in [7, 11) is -4.07. The van der Waals surface area contributed by atoms with E-state index in [9.17, 15) is 21.6 Å². The first-order chi connectivity index (χ1) is 9.70. The lowest BCUT2D eigenvalue weighted by molar-refractivity contribution is -0.136. The lowest BCUT2D eigenvalue weighted by Gasteiger charge is -2.15. The summed E-state index contributed by atoms with van der Waals surface area (Å²) < 4.78 is 65.2. The molecule has 2 rings (SSSR count). The molecular formula is C13H9BrF3NO2S. The summed E-state index contributed by atoms with van der Waals surface area (Å²) in [6, 6.07) is 10.4. The zero-order valence-electron chi connectivity index (χ0n) is 10.4. The van der Waals surface area contributed by atoms with Crippen molar-refractivity contribution in [2.45, 2.75) is 11.1 Å². The number of hydrogen-bond donors (Lipinski definition) is 1. The number of rotatable bonds is 3. The van der Waals surface area contributed by atoms with Crippen LogP contribution in [0, 0.1) is 0 Å². The maximum atomic E-state index is 13.0. The fourth-order valence-corrected chi connectivity index (χ4v) is 3.11. The van der Waals surface area contributed by atoms with Crippen molar-refractivity contribution in [3.63, 3.8) is 0 Å². The van der Waals surface area contributed by atoms with Crippen molar-refractivity contribution in [1.82, 2.24) is 0 Å². The standard InChI is InChI=1S/C13H9BrF3NO2S/c14-9-6-7-12(11(8-9)13(15,16)17)18-21(19,20)10-4-2-1-3-5-10/h1-8,18H. The van der Waals surface area contributed by atoms with Crippen LogP contribution in [0.15, 0.2) is 57.9 Å². The van der Waals surface area contributed by atoms with E-state index in [1.54, 1.807) is 6.07 Å². The van der Waals surface area contributed by atoms with E-state index >= 15 is 0 Å². The highest BCUT2D eigenvalue weighted by atomic mass is 79.9. The van der Waals surface area contributed by atoms with Gasteiger partial charge in [0.1, 0.15) is 0 Å². The Kier molecular flexibility index (Phi) is 4.29. The Balaban J connectivity index is 2.45. The van der Waals surface area contributed by atoms with Crippen LogP contribution in [0.5, 0.6) is 0 Å². The van der Waals surface area contributed by atoms with Crippen LogP contribution in [0.4, 0.5) is 18.9 Å². The third kappa shape index (κ3) is 3.76. The van der Waals surface area contributed by atoms with Crippen molar-refractivity contribution >= 4 is 31.6 Å². The normalized spacial score (nSPS) is 12.2. The van der Waals surface area contributed by atoms with Crippen molar-refractivity contribution in [1.29, 1.82) is 0 Å². The van der Waals surface area contributed by atoms with Crippen LogP contribution < -0.4 is 4.72 Å². The maximum absolute atomic E-state index is 13.0. The average Bonchev–Trinajstić information content (AvgIpc) is 2.40. The van der Waals surface area contributed by atoms with Crippen LogP contribution >= 0.6 is 15.9 Å². The fraction of sp³-hybridized carbons (Fsp3) is 0.0769. The van der Waals surface area contributed by atoms with E-state index in [1.165, 1.54) is 30.3 Å². The molecule has 2 aromatic carbocycles. The first-order valence-electron chi connectivity index (χ1n) is 5.65. The molecule has 0 aliphatic rings. The Morgan fingerprint density at radius 1 is 1.00 bits per heavy atom. The first kappa shape index (κ1) is 15.8. The summed E-state index contributed by atoms with van der Waals surface area (Å²) in [4.78, 5) is -0.110. The number of benzene rings is 2. The van der Waals surface area contributed by atoms with Gasteiger partial charge >= 0.3 is 6.18 Å². The van der Waals surface area contributed by atoms with Gasteiger partial charge in [0.05, 0.1) is 16.1 Å². The van der Waals surface area contributed by atoms with Crippen LogP contribution in [0.2, 0.25) is 0 Å². The molecule has 0 saturated heterocycles. The zero-order valence-corrected chi connectivity index (χ0v) is 12.8. The van der Waals surface area contributed by atoms with Crippen molar-refractivity contribution in [2.75, 3.05) is 4.72 Å². The Morgan fingerprint density at radius 3 is 2.19 bits per heavy atom. The molecule has 0 aromatic heterocycles. The first-order valence-corrected chi connectivity index (χ1v) is 7.92. The molecule has 0 fully saturated rings. The smallest absolute Gasteiger partial charge is 0.279 e. The van der Waals surface area contributed by atoms with E-state index in [-0.39, 0.29) is 9.37 Å². The van der Waals surface area contributed by atoms with E-state index in [2.05, 4.69) is 15.9 Å². The van der Waals surface area contributed by atoms with E-state index in [0.717, 1.165) is 12.1 Å². The molecule has 0 radical (unpaired) electrons. The Morgan fingerprint density at radius 2 is 1.62 bits per heavy atom. The molecule has 0 bridgehead atoms. The largest absolute Gasteiger partial charge is 0.418 e.